The number of benzene rings is 1. The number of halogens is 2. The number of urea groups is 1. The van der Waals surface area contributed by atoms with Crippen LogP contribution in [0.25, 0.3) is 0 Å². The van der Waals surface area contributed by atoms with Gasteiger partial charge in [0.25, 0.3) is 0 Å². The Balaban J connectivity index is 2.65. The average molecular weight is 362 g/mol. The van der Waals surface area contributed by atoms with Gasteiger partial charge in [-0.05, 0) is 24.6 Å². The second-order valence-corrected chi connectivity index (χ2v) is 5.03. The van der Waals surface area contributed by atoms with Crippen LogP contribution in [0.15, 0.2) is 22.7 Å². The van der Waals surface area contributed by atoms with Gasteiger partial charge in [0, 0.05) is 10.9 Å². The molecule has 9 heteroatoms. The molecule has 3 amide bonds. The molecule has 1 aromatic rings. The SMILES string of the molecule is NC(=O)CC[C@@H](NC(=O)Nc1ccc(Br)cc1F)C(=O)O. The fourth-order valence-corrected chi connectivity index (χ4v) is 1.78. The number of anilines is 1. The molecule has 5 N–H and O–H groups in total. The van der Waals surface area contributed by atoms with Crippen molar-refractivity contribution in [1.82, 2.24) is 5.32 Å². The number of carbonyl (C=O) groups excluding carboxylic acids is 2. The molecule has 1 aromatic carbocycles. The number of primary amides is 1. The van der Waals surface area contributed by atoms with Crippen molar-refractivity contribution in [1.29, 1.82) is 0 Å². The summed E-state index contributed by atoms with van der Waals surface area (Å²) in [5.41, 5.74) is 4.81. The summed E-state index contributed by atoms with van der Waals surface area (Å²) in [6.07, 6.45) is -0.342. The van der Waals surface area contributed by atoms with Crippen molar-refractivity contribution in [3.05, 3.63) is 28.5 Å². The molecule has 0 fully saturated rings. The van der Waals surface area contributed by atoms with E-state index in [9.17, 15) is 18.8 Å². The summed E-state index contributed by atoms with van der Waals surface area (Å²) < 4.78 is 14.0. The summed E-state index contributed by atoms with van der Waals surface area (Å²) in [4.78, 5) is 33.2. The minimum atomic E-state index is -1.32. The molecule has 0 heterocycles. The van der Waals surface area contributed by atoms with Crippen molar-refractivity contribution in [3.8, 4) is 0 Å². The molecule has 0 saturated carbocycles. The Morgan fingerprint density at radius 1 is 1.38 bits per heavy atom. The summed E-state index contributed by atoms with van der Waals surface area (Å²) in [5.74, 6) is -2.67. The van der Waals surface area contributed by atoms with Crippen molar-refractivity contribution in [2.75, 3.05) is 5.32 Å². The number of hydrogen-bond acceptors (Lipinski definition) is 3. The fraction of sp³-hybridized carbons (Fsp3) is 0.250. The first-order chi connectivity index (χ1) is 9.79. The Labute approximate surface area is 127 Å². The predicted molar refractivity (Wildman–Crippen MR) is 76.1 cm³/mol. The van der Waals surface area contributed by atoms with E-state index in [0.717, 1.165) is 6.07 Å². The van der Waals surface area contributed by atoms with Crippen LogP contribution in [0.3, 0.4) is 0 Å². The Morgan fingerprint density at radius 2 is 2.05 bits per heavy atom. The molecule has 0 spiro atoms. The van der Waals surface area contributed by atoms with E-state index in [4.69, 9.17) is 10.8 Å². The Morgan fingerprint density at radius 3 is 2.57 bits per heavy atom. The maximum absolute atomic E-state index is 13.5. The lowest BCUT2D eigenvalue weighted by molar-refractivity contribution is -0.139. The van der Waals surface area contributed by atoms with Crippen LogP contribution >= 0.6 is 15.9 Å². The van der Waals surface area contributed by atoms with Gasteiger partial charge in [-0.2, -0.15) is 0 Å². The van der Waals surface area contributed by atoms with Gasteiger partial charge in [0.15, 0.2) is 0 Å². The second-order valence-electron chi connectivity index (χ2n) is 4.12. The van der Waals surface area contributed by atoms with Crippen LogP contribution in [-0.4, -0.2) is 29.1 Å². The summed E-state index contributed by atoms with van der Waals surface area (Å²) in [5, 5.41) is 13.2. The van der Waals surface area contributed by atoms with Crippen LogP contribution in [-0.2, 0) is 9.59 Å². The minimum absolute atomic E-state index is 0.102. The van der Waals surface area contributed by atoms with E-state index in [2.05, 4.69) is 26.6 Å². The normalized spacial score (nSPS) is 11.5. The Kier molecular flexibility index (Phi) is 6.10. The molecular formula is C12H13BrFN3O4. The van der Waals surface area contributed by atoms with Gasteiger partial charge in [-0.1, -0.05) is 15.9 Å². The number of hydrogen-bond donors (Lipinski definition) is 4. The number of carboxylic acids is 1. The third kappa shape index (κ3) is 5.78. The predicted octanol–water partition coefficient (Wildman–Crippen LogP) is 1.43. The van der Waals surface area contributed by atoms with E-state index in [1.165, 1.54) is 12.1 Å². The summed E-state index contributed by atoms with van der Waals surface area (Å²) in [7, 11) is 0. The van der Waals surface area contributed by atoms with E-state index in [0.29, 0.717) is 4.47 Å². The maximum Gasteiger partial charge on any atom is 0.326 e. The average Bonchev–Trinajstić information content (AvgIpc) is 2.37. The number of carboxylic acid groups (broad SMARTS) is 1. The fourth-order valence-electron chi connectivity index (χ4n) is 1.45. The molecule has 114 valence electrons. The topological polar surface area (TPSA) is 122 Å². The maximum atomic E-state index is 13.5. The lowest BCUT2D eigenvalue weighted by atomic mass is 10.1. The second kappa shape index (κ2) is 7.58. The van der Waals surface area contributed by atoms with Crippen molar-refractivity contribution >= 4 is 39.5 Å². The van der Waals surface area contributed by atoms with Crippen molar-refractivity contribution < 1.29 is 23.9 Å². The highest BCUT2D eigenvalue weighted by atomic mass is 79.9. The monoisotopic (exact) mass is 361 g/mol. The Bertz CT molecular complexity index is 567. The standard InChI is InChI=1S/C12H13BrFN3O4/c13-6-1-2-8(7(14)5-6)16-12(21)17-9(11(19)20)3-4-10(15)18/h1-2,5,9H,3-4H2,(H2,15,18)(H,19,20)(H2,16,17,21)/t9-/m1/s1. The van der Waals surface area contributed by atoms with E-state index in [1.807, 2.05) is 0 Å². The van der Waals surface area contributed by atoms with Gasteiger partial charge < -0.3 is 21.5 Å². The molecule has 0 unspecified atom stereocenters. The van der Waals surface area contributed by atoms with E-state index < -0.39 is 29.8 Å². The highest BCUT2D eigenvalue weighted by molar-refractivity contribution is 9.10. The first kappa shape index (κ1) is 16.9. The van der Waals surface area contributed by atoms with Crippen LogP contribution in [0, 0.1) is 5.82 Å². The summed E-state index contributed by atoms with van der Waals surface area (Å²) in [6.45, 7) is 0. The van der Waals surface area contributed by atoms with Gasteiger partial charge in [-0.3, -0.25) is 4.79 Å². The molecule has 1 rings (SSSR count). The molecule has 0 radical (unpaired) electrons. The zero-order valence-corrected chi connectivity index (χ0v) is 12.3. The lowest BCUT2D eigenvalue weighted by Crippen LogP contribution is -2.43. The van der Waals surface area contributed by atoms with E-state index in [-0.39, 0.29) is 18.5 Å². The molecule has 1 atom stereocenters. The van der Waals surface area contributed by atoms with Crippen LogP contribution in [0.2, 0.25) is 0 Å². The third-order valence-electron chi connectivity index (χ3n) is 2.46. The highest BCUT2D eigenvalue weighted by Gasteiger charge is 2.21. The number of amides is 3. The van der Waals surface area contributed by atoms with Gasteiger partial charge in [0.2, 0.25) is 5.91 Å². The quantitative estimate of drug-likeness (QED) is 0.612. The number of aliphatic carboxylic acids is 1. The summed E-state index contributed by atoms with van der Waals surface area (Å²) in [6, 6.07) is 1.79. The van der Waals surface area contributed by atoms with Gasteiger partial charge in [-0.15, -0.1) is 0 Å². The van der Waals surface area contributed by atoms with E-state index >= 15 is 0 Å². The van der Waals surface area contributed by atoms with Crippen molar-refractivity contribution in [2.24, 2.45) is 5.73 Å². The van der Waals surface area contributed by atoms with Gasteiger partial charge in [-0.25, -0.2) is 14.0 Å². The van der Waals surface area contributed by atoms with Crippen LogP contribution in [0.1, 0.15) is 12.8 Å². The molecule has 0 aromatic heterocycles. The Hall–Kier alpha value is -2.16. The van der Waals surface area contributed by atoms with Crippen LogP contribution < -0.4 is 16.4 Å². The third-order valence-corrected chi connectivity index (χ3v) is 2.96. The molecule has 0 aliphatic rings. The minimum Gasteiger partial charge on any atom is -0.480 e. The van der Waals surface area contributed by atoms with E-state index in [1.54, 1.807) is 0 Å². The molecule has 0 aliphatic heterocycles. The van der Waals surface area contributed by atoms with Gasteiger partial charge >= 0.3 is 12.0 Å². The molecule has 21 heavy (non-hydrogen) atoms. The number of nitrogens with one attached hydrogen (secondary N) is 2. The van der Waals surface area contributed by atoms with Crippen LogP contribution in [0.4, 0.5) is 14.9 Å². The first-order valence-corrected chi connectivity index (χ1v) is 6.62. The van der Waals surface area contributed by atoms with Crippen molar-refractivity contribution in [2.45, 2.75) is 18.9 Å². The largest absolute Gasteiger partial charge is 0.480 e. The molecular weight excluding hydrogens is 349 g/mol. The number of carbonyl (C=O) groups is 3. The zero-order valence-electron chi connectivity index (χ0n) is 10.7. The molecule has 0 saturated heterocycles. The first-order valence-electron chi connectivity index (χ1n) is 5.83. The molecule has 0 bridgehead atoms. The summed E-state index contributed by atoms with van der Waals surface area (Å²) >= 11 is 3.07. The molecule has 0 aliphatic carbocycles. The smallest absolute Gasteiger partial charge is 0.326 e. The van der Waals surface area contributed by atoms with Crippen LogP contribution in [0.5, 0.6) is 0 Å². The number of rotatable bonds is 6. The lowest BCUT2D eigenvalue weighted by Gasteiger charge is -2.14. The van der Waals surface area contributed by atoms with Gasteiger partial charge in [0.05, 0.1) is 5.69 Å². The highest BCUT2D eigenvalue weighted by Crippen LogP contribution is 2.19. The number of nitrogens with two attached hydrogens (primary N) is 1. The zero-order chi connectivity index (χ0) is 16.0. The van der Waals surface area contributed by atoms with Gasteiger partial charge in [0.1, 0.15) is 11.9 Å². The molecule has 7 nitrogen and oxygen atoms in total. The van der Waals surface area contributed by atoms with Crippen molar-refractivity contribution in [3.63, 3.8) is 0 Å².